The van der Waals surface area contributed by atoms with Crippen molar-refractivity contribution >= 4 is 54.9 Å². The van der Waals surface area contributed by atoms with Crippen molar-refractivity contribution in [2.24, 2.45) is 5.73 Å². The molecule has 1 rings (SSSR count). The first-order valence-corrected chi connectivity index (χ1v) is 9.72. The molecule has 1 aliphatic heterocycles. The summed E-state index contributed by atoms with van der Waals surface area (Å²) in [5, 5.41) is 22.4. The molecule has 1 fully saturated rings. The summed E-state index contributed by atoms with van der Waals surface area (Å²) in [6.45, 7) is 0.301. The number of rotatable bonds is 10. The molecule has 0 aromatic rings. The number of nitrogens with one attached hydrogen (secondary N) is 2. The second kappa shape index (κ2) is 11.1. The van der Waals surface area contributed by atoms with Crippen LogP contribution in [-0.4, -0.2) is 87.0 Å². The zero-order valence-electron chi connectivity index (χ0n) is 14.9. The number of nitrogens with two attached hydrogens (primary N) is 1. The number of carboxylic acid groups (broad SMARTS) is 2. The maximum absolute atomic E-state index is 12.6. The van der Waals surface area contributed by atoms with Gasteiger partial charge < -0.3 is 31.5 Å². The molecular weight excluding hydrogens is 412 g/mol. The fraction of sp³-hybridized carbons (Fsp3) is 0.667. The minimum atomic E-state index is -1.51. The van der Waals surface area contributed by atoms with Gasteiger partial charge in [-0.3, -0.25) is 19.2 Å². The van der Waals surface area contributed by atoms with E-state index in [2.05, 4.69) is 35.9 Å². The van der Waals surface area contributed by atoms with Crippen LogP contribution in [-0.2, 0) is 24.0 Å². The summed E-state index contributed by atoms with van der Waals surface area (Å²) < 4.78 is 0. The number of thiol groups is 2. The number of carbonyl (C=O) groups excluding carboxylic acids is 3. The molecule has 0 bridgehead atoms. The van der Waals surface area contributed by atoms with E-state index < -0.39 is 60.2 Å². The second-order valence-corrected chi connectivity index (χ2v) is 6.95. The van der Waals surface area contributed by atoms with Crippen molar-refractivity contribution in [2.45, 2.75) is 43.4 Å². The first kappa shape index (κ1) is 24.0. The van der Waals surface area contributed by atoms with Crippen LogP contribution in [0.25, 0.3) is 0 Å². The van der Waals surface area contributed by atoms with Gasteiger partial charge >= 0.3 is 11.9 Å². The Morgan fingerprint density at radius 2 is 1.71 bits per heavy atom. The number of carboxylic acids is 2. The number of likely N-dealkylation sites (tertiary alicyclic amines) is 1. The maximum atomic E-state index is 12.6. The third kappa shape index (κ3) is 6.56. The predicted octanol–water partition coefficient (Wildman–Crippen LogP) is -2.31. The van der Waals surface area contributed by atoms with Crippen LogP contribution in [0.15, 0.2) is 0 Å². The van der Waals surface area contributed by atoms with Gasteiger partial charge in [0.2, 0.25) is 17.7 Å². The maximum Gasteiger partial charge on any atom is 0.327 e. The largest absolute Gasteiger partial charge is 0.481 e. The average Bonchev–Trinajstić information content (AvgIpc) is 3.13. The topological polar surface area (TPSA) is 179 Å². The van der Waals surface area contributed by atoms with Gasteiger partial charge in [-0.1, -0.05) is 0 Å². The quantitative estimate of drug-likeness (QED) is 0.187. The van der Waals surface area contributed by atoms with Crippen molar-refractivity contribution in [1.82, 2.24) is 15.5 Å². The van der Waals surface area contributed by atoms with Crippen molar-refractivity contribution in [3.05, 3.63) is 0 Å². The Kier molecular flexibility index (Phi) is 9.55. The molecule has 11 nitrogen and oxygen atoms in total. The molecule has 1 heterocycles. The van der Waals surface area contributed by atoms with Gasteiger partial charge in [0.15, 0.2) is 0 Å². The van der Waals surface area contributed by atoms with E-state index in [1.54, 1.807) is 0 Å². The molecule has 3 amide bonds. The number of nitrogens with zero attached hydrogens (tertiary/aromatic N) is 1. The minimum absolute atomic E-state index is 0.0913. The highest BCUT2D eigenvalue weighted by molar-refractivity contribution is 7.80. The molecule has 158 valence electrons. The van der Waals surface area contributed by atoms with E-state index in [0.717, 1.165) is 0 Å². The molecule has 6 N–H and O–H groups in total. The standard InChI is InChI=1S/C15H24N4O7S2/c16-7(5-27)14(24)19-3-1-2-10(19)13(23)17-8(4-11(20)21)12(22)18-9(6-28)15(25)26/h7-10,27-28H,1-6,16H2,(H,17,23)(H,18,22)(H,20,21)(H,25,26). The SMILES string of the molecule is NC(CS)C(=O)N1CCCC1C(=O)NC(CC(=O)O)C(=O)NC(CS)C(=O)O. The van der Waals surface area contributed by atoms with Gasteiger partial charge in [0.05, 0.1) is 12.5 Å². The lowest BCUT2D eigenvalue weighted by Gasteiger charge is -2.28. The lowest BCUT2D eigenvalue weighted by molar-refractivity contribution is -0.144. The fourth-order valence-corrected chi connectivity index (χ4v) is 3.11. The van der Waals surface area contributed by atoms with Crippen molar-refractivity contribution in [2.75, 3.05) is 18.1 Å². The van der Waals surface area contributed by atoms with Crippen LogP contribution >= 0.6 is 25.3 Å². The molecule has 1 saturated heterocycles. The van der Waals surface area contributed by atoms with Gasteiger partial charge in [-0.15, -0.1) is 0 Å². The molecule has 0 aromatic carbocycles. The van der Waals surface area contributed by atoms with E-state index in [4.69, 9.17) is 15.9 Å². The van der Waals surface area contributed by atoms with Crippen LogP contribution < -0.4 is 16.4 Å². The molecule has 0 saturated carbocycles. The summed E-state index contributed by atoms with van der Waals surface area (Å²) in [6, 6.07) is -4.64. The summed E-state index contributed by atoms with van der Waals surface area (Å²) in [5.41, 5.74) is 5.67. The van der Waals surface area contributed by atoms with Crippen LogP contribution in [0.4, 0.5) is 0 Å². The lowest BCUT2D eigenvalue weighted by Crippen LogP contribution is -2.57. The molecule has 0 spiro atoms. The Morgan fingerprint density at radius 1 is 1.07 bits per heavy atom. The summed E-state index contributed by atoms with van der Waals surface area (Å²) in [4.78, 5) is 60.5. The highest BCUT2D eigenvalue weighted by Crippen LogP contribution is 2.19. The molecule has 28 heavy (non-hydrogen) atoms. The molecule has 0 radical (unpaired) electrons. The van der Waals surface area contributed by atoms with Crippen molar-refractivity contribution in [3.63, 3.8) is 0 Å². The zero-order valence-corrected chi connectivity index (χ0v) is 16.7. The summed E-state index contributed by atoms with van der Waals surface area (Å²) in [7, 11) is 0. The van der Waals surface area contributed by atoms with Crippen LogP contribution in [0.2, 0.25) is 0 Å². The van der Waals surface area contributed by atoms with Gasteiger partial charge in [0, 0.05) is 18.1 Å². The Morgan fingerprint density at radius 3 is 2.21 bits per heavy atom. The zero-order chi connectivity index (χ0) is 21.4. The van der Waals surface area contributed by atoms with E-state index in [0.29, 0.717) is 19.4 Å². The lowest BCUT2D eigenvalue weighted by atomic mass is 10.1. The number of hydrogen-bond acceptors (Lipinski definition) is 8. The van der Waals surface area contributed by atoms with E-state index >= 15 is 0 Å². The molecular formula is C15H24N4O7S2. The van der Waals surface area contributed by atoms with Gasteiger partial charge in [-0.05, 0) is 12.8 Å². The van der Waals surface area contributed by atoms with Gasteiger partial charge in [-0.2, -0.15) is 25.3 Å². The van der Waals surface area contributed by atoms with E-state index in [1.165, 1.54) is 4.90 Å². The number of amides is 3. The van der Waals surface area contributed by atoms with E-state index in [9.17, 15) is 24.0 Å². The third-order valence-corrected chi connectivity index (χ3v) is 4.92. The Bertz CT molecular complexity index is 634. The molecule has 1 aliphatic rings. The number of hydrogen-bond donors (Lipinski definition) is 7. The summed E-state index contributed by atoms with van der Waals surface area (Å²) >= 11 is 7.77. The predicted molar refractivity (Wildman–Crippen MR) is 104 cm³/mol. The summed E-state index contributed by atoms with van der Waals surface area (Å²) in [5.74, 6) is -4.99. The Hall–Kier alpha value is -1.99. The van der Waals surface area contributed by atoms with Crippen molar-refractivity contribution in [3.8, 4) is 0 Å². The van der Waals surface area contributed by atoms with Crippen molar-refractivity contribution in [1.29, 1.82) is 0 Å². The average molecular weight is 437 g/mol. The van der Waals surface area contributed by atoms with Crippen molar-refractivity contribution < 1.29 is 34.2 Å². The fourth-order valence-electron chi connectivity index (χ4n) is 2.70. The number of aliphatic carboxylic acids is 2. The highest BCUT2D eigenvalue weighted by Gasteiger charge is 2.38. The second-order valence-electron chi connectivity index (χ2n) is 6.22. The first-order valence-electron chi connectivity index (χ1n) is 8.45. The molecule has 13 heteroatoms. The van der Waals surface area contributed by atoms with Crippen LogP contribution in [0, 0.1) is 0 Å². The molecule has 4 unspecified atom stereocenters. The van der Waals surface area contributed by atoms with Gasteiger partial charge in [0.25, 0.3) is 0 Å². The van der Waals surface area contributed by atoms with E-state index in [1.807, 2.05) is 0 Å². The van der Waals surface area contributed by atoms with Crippen LogP contribution in [0.3, 0.4) is 0 Å². The van der Waals surface area contributed by atoms with E-state index in [-0.39, 0.29) is 11.5 Å². The molecule has 0 aromatic heterocycles. The Balaban J connectivity index is 2.88. The Labute approximate surface area is 172 Å². The minimum Gasteiger partial charge on any atom is -0.481 e. The summed E-state index contributed by atoms with van der Waals surface area (Å²) in [6.07, 6.45) is 0.111. The monoisotopic (exact) mass is 436 g/mol. The normalized spacial score (nSPS) is 19.4. The number of carbonyl (C=O) groups is 5. The smallest absolute Gasteiger partial charge is 0.327 e. The van der Waals surface area contributed by atoms with Gasteiger partial charge in [-0.25, -0.2) is 4.79 Å². The highest BCUT2D eigenvalue weighted by atomic mass is 32.1. The first-order chi connectivity index (χ1) is 13.1. The van der Waals surface area contributed by atoms with Gasteiger partial charge in [0.1, 0.15) is 18.1 Å². The van der Waals surface area contributed by atoms with Crippen LogP contribution in [0.1, 0.15) is 19.3 Å². The third-order valence-electron chi connectivity index (χ3n) is 4.16. The molecule has 4 atom stereocenters. The van der Waals surface area contributed by atoms with Crippen LogP contribution in [0.5, 0.6) is 0 Å². The molecule has 0 aliphatic carbocycles.